The number of rotatable bonds is 7. The van der Waals surface area contributed by atoms with Gasteiger partial charge >= 0.3 is 0 Å². The van der Waals surface area contributed by atoms with Crippen molar-refractivity contribution in [1.82, 2.24) is 0 Å². The summed E-state index contributed by atoms with van der Waals surface area (Å²) >= 11 is 0. The van der Waals surface area contributed by atoms with E-state index in [0.717, 1.165) is 17.6 Å². The third kappa shape index (κ3) is 7.17. The second-order valence-electron chi connectivity index (χ2n) is 6.24. The summed E-state index contributed by atoms with van der Waals surface area (Å²) in [4.78, 5) is 0. The second kappa shape index (κ2) is 5.96. The van der Waals surface area contributed by atoms with Gasteiger partial charge in [0.2, 0.25) is 0 Å². The summed E-state index contributed by atoms with van der Waals surface area (Å²) in [6.07, 6.45) is -0.639. The van der Waals surface area contributed by atoms with Gasteiger partial charge in [-0.3, -0.25) is 0 Å². The summed E-state index contributed by atoms with van der Waals surface area (Å²) in [5.74, 6) is 0. The molecule has 0 fully saturated rings. The largest absolute Gasteiger partial charge is 0.388 e. The van der Waals surface area contributed by atoms with E-state index in [2.05, 4.69) is 21.0 Å². The molecule has 0 aromatic carbocycles. The molecule has 2 unspecified atom stereocenters. The van der Waals surface area contributed by atoms with Gasteiger partial charge in [-0.2, -0.15) is 0 Å². The van der Waals surface area contributed by atoms with E-state index in [0.29, 0.717) is 17.6 Å². The van der Waals surface area contributed by atoms with Crippen molar-refractivity contribution in [3.63, 3.8) is 0 Å². The van der Waals surface area contributed by atoms with Crippen LogP contribution in [0.15, 0.2) is 0 Å². The Balaban J connectivity index is 4.18. The van der Waals surface area contributed by atoms with Crippen molar-refractivity contribution in [2.24, 2.45) is 0 Å². The zero-order valence-electron chi connectivity index (χ0n) is 11.8. The van der Waals surface area contributed by atoms with E-state index < -0.39 is 0 Å². The first-order chi connectivity index (χ1) is 7.08. The van der Waals surface area contributed by atoms with Crippen LogP contribution in [0, 0.1) is 0 Å². The number of aliphatic hydroxyl groups is 2. The minimum absolute atomic E-state index is 0.316. The van der Waals surface area contributed by atoms with Crippen molar-refractivity contribution >= 4 is 0 Å². The molecule has 0 aliphatic carbocycles. The fourth-order valence-corrected chi connectivity index (χ4v) is 2.12. The minimum atomic E-state index is -0.323. The molecule has 0 spiro atoms. The molecule has 0 radical (unpaired) electrons. The van der Waals surface area contributed by atoms with Crippen LogP contribution in [0.25, 0.3) is 0 Å². The van der Waals surface area contributed by atoms with Crippen molar-refractivity contribution in [3.05, 3.63) is 0 Å². The first-order valence-electron chi connectivity index (χ1n) is 6.08. The van der Waals surface area contributed by atoms with E-state index in [4.69, 9.17) is 0 Å². The summed E-state index contributed by atoms with van der Waals surface area (Å²) in [7, 11) is 8.33. The van der Waals surface area contributed by atoms with Crippen molar-refractivity contribution in [1.29, 1.82) is 0 Å². The Labute approximate surface area is 100 Å². The summed E-state index contributed by atoms with van der Waals surface area (Å²) in [5.41, 5.74) is 0. The van der Waals surface area contributed by atoms with E-state index in [1.54, 1.807) is 6.92 Å². The third-order valence-corrected chi connectivity index (χ3v) is 3.02. The number of aliphatic hydroxyl groups excluding tert-OH is 2. The van der Waals surface area contributed by atoms with Gasteiger partial charge in [0.15, 0.2) is 6.10 Å². The van der Waals surface area contributed by atoms with Crippen LogP contribution in [0.5, 0.6) is 0 Å². The summed E-state index contributed by atoms with van der Waals surface area (Å²) in [6, 6.07) is 0. The van der Waals surface area contributed by atoms with Gasteiger partial charge in [0.25, 0.3) is 0 Å². The molecule has 16 heavy (non-hydrogen) atoms. The normalized spacial score (nSPS) is 17.2. The van der Waals surface area contributed by atoms with Gasteiger partial charge in [0.05, 0.1) is 34.7 Å². The van der Waals surface area contributed by atoms with E-state index in [-0.39, 0.29) is 12.2 Å². The zero-order valence-corrected chi connectivity index (χ0v) is 11.8. The average Bonchev–Trinajstić information content (AvgIpc) is 1.98. The van der Waals surface area contributed by atoms with Crippen LogP contribution >= 0.6 is 0 Å². The van der Waals surface area contributed by atoms with Crippen LogP contribution in [0.3, 0.4) is 0 Å². The van der Waals surface area contributed by atoms with Gasteiger partial charge in [-0.15, -0.1) is 0 Å². The third-order valence-electron chi connectivity index (χ3n) is 3.02. The molecule has 0 aliphatic heterocycles. The molecule has 0 saturated heterocycles. The van der Waals surface area contributed by atoms with Gasteiger partial charge in [-0.05, 0) is 13.8 Å². The van der Waals surface area contributed by atoms with Crippen LogP contribution < -0.4 is 0 Å². The first kappa shape index (κ1) is 15.8. The molecule has 98 valence electrons. The smallest absolute Gasteiger partial charge is 0.152 e. The van der Waals surface area contributed by atoms with Crippen LogP contribution in [0.4, 0.5) is 0 Å². The van der Waals surface area contributed by atoms with Crippen LogP contribution in [-0.4, -0.2) is 85.8 Å². The Kier molecular flexibility index (Phi) is 5.90. The molecule has 0 aromatic heterocycles. The SMILES string of the molecule is CC[N+](C)(C)CC(O)C[N+](C)(C)CC(C)O. The molecule has 0 saturated carbocycles. The molecule has 4 nitrogen and oxygen atoms in total. The lowest BCUT2D eigenvalue weighted by atomic mass is 10.2. The highest BCUT2D eigenvalue weighted by Crippen LogP contribution is 2.06. The Bertz CT molecular complexity index is 203. The molecule has 2 N–H and O–H groups in total. The number of hydrogen-bond acceptors (Lipinski definition) is 2. The molecule has 0 aromatic rings. The molecule has 0 aliphatic rings. The topological polar surface area (TPSA) is 40.5 Å². The fraction of sp³-hybridized carbons (Fsp3) is 1.00. The van der Waals surface area contributed by atoms with Crippen LogP contribution in [-0.2, 0) is 0 Å². The van der Waals surface area contributed by atoms with Crippen molar-refractivity contribution in [2.45, 2.75) is 26.1 Å². The number of nitrogens with zero attached hydrogens (tertiary/aromatic N) is 2. The second-order valence-corrected chi connectivity index (χ2v) is 6.24. The average molecular weight is 234 g/mol. The highest BCUT2D eigenvalue weighted by Gasteiger charge is 2.27. The van der Waals surface area contributed by atoms with Gasteiger partial charge in [-0.25, -0.2) is 0 Å². The van der Waals surface area contributed by atoms with E-state index in [9.17, 15) is 10.2 Å². The van der Waals surface area contributed by atoms with Gasteiger partial charge in [0.1, 0.15) is 25.7 Å². The van der Waals surface area contributed by atoms with Crippen LogP contribution in [0.1, 0.15) is 13.8 Å². The summed E-state index contributed by atoms with van der Waals surface area (Å²) < 4.78 is 1.48. The van der Waals surface area contributed by atoms with E-state index in [1.165, 1.54) is 0 Å². The maximum Gasteiger partial charge on any atom is 0.152 e. The standard InChI is InChI=1S/C12H30N2O2/c1-7-13(3,4)9-12(16)10-14(5,6)8-11(2)15/h11-12,15-16H,7-10H2,1-6H3/q+2. The highest BCUT2D eigenvalue weighted by molar-refractivity contribution is 4.54. The number of hydrogen-bond donors (Lipinski definition) is 2. The van der Waals surface area contributed by atoms with Gasteiger partial charge in [0, 0.05) is 0 Å². The zero-order chi connectivity index (χ0) is 13.0. The fourth-order valence-electron chi connectivity index (χ4n) is 2.12. The Morgan fingerprint density at radius 2 is 1.31 bits per heavy atom. The number of quaternary nitrogens is 2. The molecule has 0 amide bonds. The monoisotopic (exact) mass is 234 g/mol. The molecule has 0 heterocycles. The van der Waals surface area contributed by atoms with E-state index >= 15 is 0 Å². The van der Waals surface area contributed by atoms with Crippen molar-refractivity contribution in [2.75, 3.05) is 54.4 Å². The Hall–Kier alpha value is -0.160. The minimum Gasteiger partial charge on any atom is -0.388 e. The lowest BCUT2D eigenvalue weighted by molar-refractivity contribution is -0.915. The van der Waals surface area contributed by atoms with Gasteiger partial charge < -0.3 is 19.2 Å². The molecule has 2 atom stereocenters. The van der Waals surface area contributed by atoms with Crippen LogP contribution in [0.2, 0.25) is 0 Å². The molecule has 0 bridgehead atoms. The Morgan fingerprint density at radius 1 is 0.875 bits per heavy atom. The maximum atomic E-state index is 10.1. The predicted molar refractivity (Wildman–Crippen MR) is 67.0 cm³/mol. The molecular formula is C12H30N2O2+2. The van der Waals surface area contributed by atoms with Gasteiger partial charge in [-0.1, -0.05) is 0 Å². The lowest BCUT2D eigenvalue weighted by Crippen LogP contribution is -2.54. The number of likely N-dealkylation sites (N-methyl/N-ethyl adjacent to an activating group) is 2. The quantitative estimate of drug-likeness (QED) is 0.604. The predicted octanol–water partition coefficient (Wildman–Crippen LogP) is -0.0992. The highest BCUT2D eigenvalue weighted by atomic mass is 16.3. The maximum absolute atomic E-state index is 10.1. The first-order valence-corrected chi connectivity index (χ1v) is 6.08. The molecule has 4 heteroatoms. The molecular weight excluding hydrogens is 204 g/mol. The molecule has 0 rings (SSSR count). The van der Waals surface area contributed by atoms with Crippen molar-refractivity contribution < 1.29 is 19.2 Å². The Morgan fingerprint density at radius 3 is 1.69 bits per heavy atom. The lowest BCUT2D eigenvalue weighted by Gasteiger charge is -2.36. The summed E-state index contributed by atoms with van der Waals surface area (Å²) in [6.45, 7) is 7.06. The van der Waals surface area contributed by atoms with Crippen molar-refractivity contribution in [3.8, 4) is 0 Å². The van der Waals surface area contributed by atoms with E-state index in [1.807, 2.05) is 14.1 Å². The summed E-state index contributed by atoms with van der Waals surface area (Å²) in [5, 5.41) is 19.4.